The summed E-state index contributed by atoms with van der Waals surface area (Å²) in [6, 6.07) is 0. The number of hydrogen-bond acceptors (Lipinski definition) is 4. The van der Waals surface area contributed by atoms with Crippen molar-refractivity contribution in [1.82, 2.24) is 9.55 Å². The van der Waals surface area contributed by atoms with Crippen LogP contribution in [0.15, 0.2) is 69.3 Å². The monoisotopic (exact) mass is 393 g/mol. The van der Waals surface area contributed by atoms with Gasteiger partial charge in [0.2, 0.25) is 11.7 Å². The maximum atomic E-state index is 12.1. The molecule has 0 spiro atoms. The van der Waals surface area contributed by atoms with Crippen molar-refractivity contribution in [1.29, 1.82) is 0 Å². The lowest BCUT2D eigenvalue weighted by Crippen LogP contribution is -2.20. The Kier molecular flexibility index (Phi) is 7.30. The largest absolute Gasteiger partial charge is 0.490 e. The summed E-state index contributed by atoms with van der Waals surface area (Å²) in [4.78, 5) is 16.2. The van der Waals surface area contributed by atoms with E-state index in [1.54, 1.807) is 22.9 Å². The number of anilines is 1. The number of ether oxygens (including phenoxy) is 1. The number of halogens is 2. The smallest absolute Gasteiger partial charge is 0.316 e. The van der Waals surface area contributed by atoms with Gasteiger partial charge in [-0.15, -0.1) is 0 Å². The number of methoxy groups -OCH3 is 1. The number of hydrogen-bond donors (Lipinski definition) is 1. The van der Waals surface area contributed by atoms with Gasteiger partial charge in [0.25, 0.3) is 0 Å². The molecule has 1 aromatic heterocycles. The molecular formula is C19H21Cl2N3O2. The van der Waals surface area contributed by atoms with Crippen molar-refractivity contribution in [2.24, 2.45) is 0 Å². The van der Waals surface area contributed by atoms with E-state index in [-0.39, 0.29) is 5.75 Å². The number of rotatable bonds is 7. The molecular weight excluding hydrogens is 373 g/mol. The molecule has 0 bridgehead atoms. The second kappa shape index (κ2) is 9.46. The maximum absolute atomic E-state index is 12.1. The second-order valence-corrected chi connectivity index (χ2v) is 6.35. The van der Waals surface area contributed by atoms with Gasteiger partial charge in [0.05, 0.1) is 30.6 Å². The third-order valence-corrected chi connectivity index (χ3v) is 4.55. The van der Waals surface area contributed by atoms with Crippen LogP contribution in [-0.2, 0) is 6.54 Å². The molecule has 0 amide bonds. The van der Waals surface area contributed by atoms with Gasteiger partial charge in [-0.2, -0.15) is 4.98 Å². The average molecular weight is 394 g/mol. The van der Waals surface area contributed by atoms with Gasteiger partial charge in [-0.05, 0) is 18.1 Å². The van der Waals surface area contributed by atoms with Crippen molar-refractivity contribution in [3.8, 4) is 5.75 Å². The third-order valence-electron chi connectivity index (χ3n) is 3.68. The molecule has 1 aliphatic rings. The summed E-state index contributed by atoms with van der Waals surface area (Å²) in [7, 11) is 1.43. The summed E-state index contributed by atoms with van der Waals surface area (Å²) in [6.45, 7) is 6.35. The first-order valence-electron chi connectivity index (χ1n) is 8.15. The quantitative estimate of drug-likeness (QED) is 0.680. The molecule has 138 valence electrons. The molecule has 1 N–H and O–H groups in total. The number of allylic oxidation sites excluding steroid dienone is 8. The fraction of sp³-hybridized carbons (Fsp3) is 0.263. The molecule has 0 aromatic carbocycles. The summed E-state index contributed by atoms with van der Waals surface area (Å²) in [5, 5.41) is 4.01. The van der Waals surface area contributed by atoms with E-state index in [2.05, 4.69) is 23.0 Å². The van der Waals surface area contributed by atoms with Crippen molar-refractivity contribution in [3.05, 3.63) is 74.8 Å². The standard InChI is InChI=1S/C19H21Cl2N3O2/c1-4-8-13(5-2)11-24-12-16(26-3)18(25)23-19(24)22-15-10-7-6-9-14(20)17(15)21/h5-8,10,12H,2,4,9,11H2,1,3H3,(H,22,23,25)/b13-8+. The Morgan fingerprint density at radius 2 is 2.27 bits per heavy atom. The zero-order valence-electron chi connectivity index (χ0n) is 14.8. The van der Waals surface area contributed by atoms with E-state index in [4.69, 9.17) is 27.9 Å². The van der Waals surface area contributed by atoms with Gasteiger partial charge in [0, 0.05) is 11.5 Å². The number of aromatic nitrogens is 2. The van der Waals surface area contributed by atoms with E-state index in [1.165, 1.54) is 7.11 Å². The van der Waals surface area contributed by atoms with Crippen LogP contribution in [0.2, 0.25) is 0 Å². The fourth-order valence-electron chi connectivity index (χ4n) is 2.37. The van der Waals surface area contributed by atoms with Crippen LogP contribution < -0.4 is 15.6 Å². The Bertz CT molecular complexity index is 864. The number of nitrogens with zero attached hydrogens (tertiary/aromatic N) is 2. The van der Waals surface area contributed by atoms with Crippen LogP contribution in [0.25, 0.3) is 0 Å². The molecule has 0 atom stereocenters. The Morgan fingerprint density at radius 3 is 2.92 bits per heavy atom. The molecule has 1 aliphatic carbocycles. The predicted octanol–water partition coefficient (Wildman–Crippen LogP) is 4.72. The van der Waals surface area contributed by atoms with Gasteiger partial charge < -0.3 is 14.6 Å². The molecule has 0 saturated heterocycles. The highest BCUT2D eigenvalue weighted by molar-refractivity contribution is 6.41. The second-order valence-electron chi connectivity index (χ2n) is 5.51. The Morgan fingerprint density at radius 1 is 1.50 bits per heavy atom. The third kappa shape index (κ3) is 4.90. The maximum Gasteiger partial charge on any atom is 0.316 e. The van der Waals surface area contributed by atoms with Crippen molar-refractivity contribution in [2.45, 2.75) is 26.3 Å². The number of nitrogens with one attached hydrogen (secondary N) is 1. The fourth-order valence-corrected chi connectivity index (χ4v) is 2.74. The molecule has 1 aromatic rings. The van der Waals surface area contributed by atoms with Crippen LogP contribution in [-0.4, -0.2) is 16.7 Å². The molecule has 7 heteroatoms. The van der Waals surface area contributed by atoms with Gasteiger partial charge in [-0.25, -0.2) is 0 Å². The zero-order valence-corrected chi connectivity index (χ0v) is 16.3. The van der Waals surface area contributed by atoms with Gasteiger partial charge >= 0.3 is 5.56 Å². The molecule has 5 nitrogen and oxygen atoms in total. The minimum Gasteiger partial charge on any atom is -0.490 e. The first-order valence-corrected chi connectivity index (χ1v) is 8.91. The van der Waals surface area contributed by atoms with Crippen molar-refractivity contribution in [3.63, 3.8) is 0 Å². The first kappa shape index (κ1) is 20.1. The highest BCUT2D eigenvalue weighted by Crippen LogP contribution is 2.28. The Hall–Kier alpha value is -2.24. The molecule has 0 radical (unpaired) electrons. The summed E-state index contributed by atoms with van der Waals surface area (Å²) >= 11 is 12.5. The van der Waals surface area contributed by atoms with Gasteiger partial charge in [-0.1, -0.05) is 61.0 Å². The molecule has 0 fully saturated rings. The van der Waals surface area contributed by atoms with E-state index in [1.807, 2.05) is 19.1 Å². The SMILES string of the molecule is C=C/C(=C\CC)Cn1cc(OC)c(=O)nc1NC1=CC=CCC(Cl)=C1Cl. The van der Waals surface area contributed by atoms with Gasteiger partial charge in [0.15, 0.2) is 0 Å². The molecule has 0 saturated carbocycles. The zero-order chi connectivity index (χ0) is 19.1. The summed E-state index contributed by atoms with van der Waals surface area (Å²) in [5.74, 6) is 0.494. The van der Waals surface area contributed by atoms with Crippen molar-refractivity contribution < 1.29 is 4.74 Å². The van der Waals surface area contributed by atoms with E-state index in [0.717, 1.165) is 12.0 Å². The van der Waals surface area contributed by atoms with Gasteiger partial charge in [0.1, 0.15) is 0 Å². The molecule has 0 aliphatic heterocycles. The topological polar surface area (TPSA) is 56.2 Å². The van der Waals surface area contributed by atoms with Crippen molar-refractivity contribution >= 4 is 29.2 Å². The van der Waals surface area contributed by atoms with E-state index in [0.29, 0.717) is 34.7 Å². The molecule has 26 heavy (non-hydrogen) atoms. The minimum atomic E-state index is -0.471. The normalized spacial score (nSPS) is 14.8. The van der Waals surface area contributed by atoms with Crippen LogP contribution in [0, 0.1) is 0 Å². The van der Waals surface area contributed by atoms with E-state index < -0.39 is 5.56 Å². The summed E-state index contributed by atoms with van der Waals surface area (Å²) in [5.41, 5.74) is 1.09. The lowest BCUT2D eigenvalue weighted by atomic mass is 10.2. The van der Waals surface area contributed by atoms with Gasteiger partial charge in [-0.3, -0.25) is 4.79 Å². The van der Waals surface area contributed by atoms with Crippen LogP contribution in [0.4, 0.5) is 5.95 Å². The highest BCUT2D eigenvalue weighted by atomic mass is 35.5. The Labute approximate surface area is 163 Å². The molecule has 2 rings (SSSR count). The predicted molar refractivity (Wildman–Crippen MR) is 108 cm³/mol. The van der Waals surface area contributed by atoms with E-state index in [9.17, 15) is 4.79 Å². The van der Waals surface area contributed by atoms with Crippen LogP contribution in [0.3, 0.4) is 0 Å². The lowest BCUT2D eigenvalue weighted by molar-refractivity contribution is 0.402. The van der Waals surface area contributed by atoms with Crippen LogP contribution in [0.1, 0.15) is 19.8 Å². The van der Waals surface area contributed by atoms with Crippen molar-refractivity contribution in [2.75, 3.05) is 12.4 Å². The summed E-state index contributed by atoms with van der Waals surface area (Å²) in [6.07, 6.45) is 12.4. The molecule has 1 heterocycles. The Balaban J connectivity index is 2.48. The molecule has 0 unspecified atom stereocenters. The van der Waals surface area contributed by atoms with Crippen LogP contribution >= 0.6 is 23.2 Å². The van der Waals surface area contributed by atoms with E-state index >= 15 is 0 Å². The summed E-state index contributed by atoms with van der Waals surface area (Å²) < 4.78 is 6.89. The minimum absolute atomic E-state index is 0.157. The lowest BCUT2D eigenvalue weighted by Gasteiger charge is -2.17. The highest BCUT2D eigenvalue weighted by Gasteiger charge is 2.15. The van der Waals surface area contributed by atoms with Crippen LogP contribution in [0.5, 0.6) is 5.75 Å². The first-order chi connectivity index (χ1) is 12.5. The average Bonchev–Trinajstić information content (AvgIpc) is 2.78.